The smallest absolute Gasteiger partial charge is 0.119 e. The molecule has 0 aromatic heterocycles. The molecule has 0 radical (unpaired) electrons. The zero-order valence-electron chi connectivity index (χ0n) is 23.9. The number of aliphatic hydroxyl groups is 1. The Morgan fingerprint density at radius 1 is 0.923 bits per heavy atom. The standard InChI is InChI=1S/C32H46N4O3/c1-23(4-11-31(33)30-20-28(39-3)9-10-29(30)32(34)22-38-2)25-12-16-35(17-13-25)21-24-5-7-26(8-6-24)36-18-14-27(37)15-19-36/h5-10,20,23,25,27,33-34,37H,4,11-19,21-22H2,1-3H3. The van der Waals surface area contributed by atoms with Crippen LogP contribution < -0.4 is 9.64 Å². The molecule has 2 fully saturated rings. The van der Waals surface area contributed by atoms with Gasteiger partial charge >= 0.3 is 0 Å². The Morgan fingerprint density at radius 2 is 1.62 bits per heavy atom. The molecule has 1 unspecified atom stereocenters. The highest BCUT2D eigenvalue weighted by molar-refractivity contribution is 6.11. The number of methoxy groups -OCH3 is 2. The summed E-state index contributed by atoms with van der Waals surface area (Å²) in [6.07, 6.45) is 5.66. The molecule has 2 heterocycles. The summed E-state index contributed by atoms with van der Waals surface area (Å²) in [4.78, 5) is 4.95. The first-order valence-corrected chi connectivity index (χ1v) is 14.4. The van der Waals surface area contributed by atoms with Crippen LogP contribution in [0.25, 0.3) is 0 Å². The average Bonchev–Trinajstić information content (AvgIpc) is 2.96. The quantitative estimate of drug-likeness (QED) is 0.319. The van der Waals surface area contributed by atoms with E-state index in [1.54, 1.807) is 14.2 Å². The first-order chi connectivity index (χ1) is 18.9. The molecule has 7 nitrogen and oxygen atoms in total. The van der Waals surface area contributed by atoms with Gasteiger partial charge in [0.25, 0.3) is 0 Å². The van der Waals surface area contributed by atoms with Crippen molar-refractivity contribution < 1.29 is 14.6 Å². The zero-order valence-corrected chi connectivity index (χ0v) is 23.9. The van der Waals surface area contributed by atoms with Gasteiger partial charge in [0, 0.05) is 49.3 Å². The van der Waals surface area contributed by atoms with Crippen LogP contribution in [-0.4, -0.2) is 74.5 Å². The Kier molecular flexibility index (Phi) is 10.5. The van der Waals surface area contributed by atoms with Gasteiger partial charge in [-0.25, -0.2) is 0 Å². The van der Waals surface area contributed by atoms with Crippen molar-refractivity contribution in [3.05, 3.63) is 59.2 Å². The monoisotopic (exact) mass is 534 g/mol. The van der Waals surface area contributed by atoms with Gasteiger partial charge < -0.3 is 30.3 Å². The normalized spacial score (nSPS) is 18.2. The van der Waals surface area contributed by atoms with E-state index in [-0.39, 0.29) is 12.7 Å². The number of nitrogens with one attached hydrogen (secondary N) is 2. The first kappa shape index (κ1) is 29.2. The highest BCUT2D eigenvalue weighted by Crippen LogP contribution is 2.30. The molecule has 0 saturated carbocycles. The maximum absolute atomic E-state index is 9.76. The molecule has 3 N–H and O–H groups in total. The van der Waals surface area contributed by atoms with Crippen LogP contribution in [0, 0.1) is 22.7 Å². The van der Waals surface area contributed by atoms with Gasteiger partial charge in [0.1, 0.15) is 5.75 Å². The second-order valence-corrected chi connectivity index (χ2v) is 11.3. The van der Waals surface area contributed by atoms with Crippen molar-refractivity contribution in [2.45, 2.75) is 58.1 Å². The number of nitrogens with zero attached hydrogens (tertiary/aromatic N) is 2. The summed E-state index contributed by atoms with van der Waals surface area (Å²) in [7, 11) is 3.23. The molecule has 0 spiro atoms. The Balaban J connectivity index is 1.24. The summed E-state index contributed by atoms with van der Waals surface area (Å²) in [6, 6.07) is 14.6. The van der Waals surface area contributed by atoms with Crippen molar-refractivity contribution in [3.8, 4) is 5.75 Å². The van der Waals surface area contributed by atoms with E-state index in [2.05, 4.69) is 41.0 Å². The number of benzene rings is 2. The fourth-order valence-corrected chi connectivity index (χ4v) is 6.00. The van der Waals surface area contributed by atoms with Gasteiger partial charge in [0.15, 0.2) is 0 Å². The number of hydrogen-bond donors (Lipinski definition) is 3. The van der Waals surface area contributed by atoms with Crippen LogP contribution in [0.1, 0.15) is 62.1 Å². The summed E-state index contributed by atoms with van der Waals surface area (Å²) in [5.74, 6) is 1.95. The maximum Gasteiger partial charge on any atom is 0.119 e. The molecule has 0 bridgehead atoms. The second-order valence-electron chi connectivity index (χ2n) is 11.3. The second kappa shape index (κ2) is 14.1. The highest BCUT2D eigenvalue weighted by Gasteiger charge is 2.25. The third-order valence-corrected chi connectivity index (χ3v) is 8.62. The van der Waals surface area contributed by atoms with Crippen molar-refractivity contribution in [3.63, 3.8) is 0 Å². The number of hydrogen-bond acceptors (Lipinski definition) is 7. The van der Waals surface area contributed by atoms with Crippen molar-refractivity contribution in [1.82, 2.24) is 4.90 Å². The minimum absolute atomic E-state index is 0.138. The SMILES string of the molecule is COCC(=N)c1ccc(OC)cc1C(=N)CCC(C)C1CCN(Cc2ccc(N3CCC(O)CC3)cc2)CC1. The van der Waals surface area contributed by atoms with E-state index in [1.807, 2.05) is 18.2 Å². The van der Waals surface area contributed by atoms with E-state index in [9.17, 15) is 5.11 Å². The van der Waals surface area contributed by atoms with Crippen LogP contribution >= 0.6 is 0 Å². The maximum atomic E-state index is 9.76. The van der Waals surface area contributed by atoms with Crippen LogP contribution in [0.2, 0.25) is 0 Å². The molecule has 39 heavy (non-hydrogen) atoms. The molecule has 7 heteroatoms. The van der Waals surface area contributed by atoms with Crippen LogP contribution in [0.15, 0.2) is 42.5 Å². The van der Waals surface area contributed by atoms with Gasteiger partial charge in [-0.05, 0) is 99.3 Å². The molecule has 4 rings (SSSR count). The molecule has 0 aliphatic carbocycles. The molecule has 2 saturated heterocycles. The van der Waals surface area contributed by atoms with Gasteiger partial charge in [-0.2, -0.15) is 0 Å². The van der Waals surface area contributed by atoms with Crippen LogP contribution in [-0.2, 0) is 11.3 Å². The molecule has 0 amide bonds. The number of likely N-dealkylation sites (tertiary alicyclic amines) is 1. The van der Waals surface area contributed by atoms with Crippen LogP contribution in [0.3, 0.4) is 0 Å². The third-order valence-electron chi connectivity index (χ3n) is 8.62. The fourth-order valence-electron chi connectivity index (χ4n) is 6.00. The predicted octanol–water partition coefficient (Wildman–Crippen LogP) is 5.37. The van der Waals surface area contributed by atoms with E-state index in [1.165, 1.54) is 24.1 Å². The van der Waals surface area contributed by atoms with Crippen molar-refractivity contribution in [1.29, 1.82) is 10.8 Å². The van der Waals surface area contributed by atoms with Gasteiger partial charge in [-0.15, -0.1) is 0 Å². The van der Waals surface area contributed by atoms with Crippen molar-refractivity contribution in [2.75, 3.05) is 51.9 Å². The Hall–Kier alpha value is -2.74. The number of ether oxygens (including phenoxy) is 2. The minimum Gasteiger partial charge on any atom is -0.497 e. The third kappa shape index (κ3) is 7.90. The predicted molar refractivity (Wildman–Crippen MR) is 159 cm³/mol. The van der Waals surface area contributed by atoms with E-state index in [0.717, 1.165) is 63.1 Å². The zero-order chi connectivity index (χ0) is 27.8. The number of aliphatic hydroxyl groups excluding tert-OH is 1. The molecular formula is C32H46N4O3. The number of piperidine rings is 2. The van der Waals surface area contributed by atoms with E-state index in [4.69, 9.17) is 20.3 Å². The van der Waals surface area contributed by atoms with Crippen molar-refractivity contribution in [2.24, 2.45) is 11.8 Å². The van der Waals surface area contributed by atoms with E-state index >= 15 is 0 Å². The van der Waals surface area contributed by atoms with Gasteiger partial charge in [-0.3, -0.25) is 4.90 Å². The summed E-state index contributed by atoms with van der Waals surface area (Å²) in [5, 5.41) is 26.9. The molecule has 2 aliphatic rings. The number of rotatable bonds is 12. The van der Waals surface area contributed by atoms with Gasteiger partial charge in [0.2, 0.25) is 0 Å². The largest absolute Gasteiger partial charge is 0.497 e. The lowest BCUT2D eigenvalue weighted by Crippen LogP contribution is -2.36. The van der Waals surface area contributed by atoms with Crippen LogP contribution in [0.5, 0.6) is 5.75 Å². The average molecular weight is 535 g/mol. The van der Waals surface area contributed by atoms with Gasteiger partial charge in [-0.1, -0.05) is 19.1 Å². The lowest BCUT2D eigenvalue weighted by atomic mass is 9.81. The summed E-state index contributed by atoms with van der Waals surface area (Å²) in [6.45, 7) is 7.67. The lowest BCUT2D eigenvalue weighted by molar-refractivity contribution is 0.144. The lowest BCUT2D eigenvalue weighted by Gasteiger charge is -2.35. The Labute approximate surface area is 234 Å². The first-order valence-electron chi connectivity index (χ1n) is 14.4. The topological polar surface area (TPSA) is 92.9 Å². The minimum atomic E-state index is -0.138. The molecule has 2 aliphatic heterocycles. The van der Waals surface area contributed by atoms with Crippen molar-refractivity contribution >= 4 is 17.1 Å². The molecule has 212 valence electrons. The number of anilines is 1. The van der Waals surface area contributed by atoms with Gasteiger partial charge in [0.05, 0.1) is 25.5 Å². The summed E-state index contributed by atoms with van der Waals surface area (Å²) in [5.41, 5.74) is 5.12. The summed E-state index contributed by atoms with van der Waals surface area (Å²) >= 11 is 0. The molecular weight excluding hydrogens is 488 g/mol. The Bertz CT molecular complexity index is 1090. The molecule has 2 aromatic rings. The molecule has 1 atom stereocenters. The van der Waals surface area contributed by atoms with Crippen LogP contribution in [0.4, 0.5) is 5.69 Å². The summed E-state index contributed by atoms with van der Waals surface area (Å²) < 4.78 is 10.6. The van der Waals surface area contributed by atoms with E-state index < -0.39 is 0 Å². The van der Waals surface area contributed by atoms with E-state index in [0.29, 0.717) is 35.4 Å². The molecule has 2 aromatic carbocycles. The fraction of sp³-hybridized carbons (Fsp3) is 0.562. The Morgan fingerprint density at radius 3 is 2.26 bits per heavy atom. The highest BCUT2D eigenvalue weighted by atomic mass is 16.5.